The van der Waals surface area contributed by atoms with Crippen molar-refractivity contribution in [3.8, 4) is 0 Å². The number of benzene rings is 1. The molecule has 20 heavy (non-hydrogen) atoms. The summed E-state index contributed by atoms with van der Waals surface area (Å²) in [6.45, 7) is 1.11. The summed E-state index contributed by atoms with van der Waals surface area (Å²) in [5.41, 5.74) is 1.06. The van der Waals surface area contributed by atoms with Gasteiger partial charge in [-0.05, 0) is 31.5 Å². The van der Waals surface area contributed by atoms with Crippen molar-refractivity contribution in [3.63, 3.8) is 0 Å². The monoisotopic (exact) mass is 294 g/mol. The summed E-state index contributed by atoms with van der Waals surface area (Å²) in [5, 5.41) is 3.89. The third-order valence-corrected chi connectivity index (χ3v) is 4.15. The second-order valence-electron chi connectivity index (χ2n) is 5.67. The van der Waals surface area contributed by atoms with E-state index in [0.29, 0.717) is 19.1 Å². The molecule has 0 atom stereocenters. The average molecular weight is 295 g/mol. The number of nitrogens with zero attached hydrogens (tertiary/aromatic N) is 1. The zero-order valence-electron chi connectivity index (χ0n) is 12.1. The van der Waals surface area contributed by atoms with Crippen LogP contribution < -0.4 is 5.32 Å². The highest BCUT2D eigenvalue weighted by Gasteiger charge is 2.16. The van der Waals surface area contributed by atoms with Gasteiger partial charge in [0.1, 0.15) is 0 Å². The quantitative estimate of drug-likeness (QED) is 0.904. The van der Waals surface area contributed by atoms with Gasteiger partial charge in [-0.15, -0.1) is 0 Å². The minimum atomic E-state index is 0.117. The molecule has 1 aromatic rings. The number of rotatable bonds is 5. The Morgan fingerprint density at radius 1 is 1.30 bits per heavy atom. The van der Waals surface area contributed by atoms with Crippen LogP contribution in [-0.2, 0) is 11.3 Å². The fourth-order valence-corrected chi connectivity index (χ4v) is 2.93. The van der Waals surface area contributed by atoms with E-state index < -0.39 is 0 Å². The zero-order chi connectivity index (χ0) is 14.4. The van der Waals surface area contributed by atoms with Gasteiger partial charge in [0.25, 0.3) is 0 Å². The Kier molecular flexibility index (Phi) is 5.86. The first-order valence-corrected chi connectivity index (χ1v) is 7.74. The van der Waals surface area contributed by atoms with Gasteiger partial charge in [-0.3, -0.25) is 9.69 Å². The number of halogens is 1. The number of hydrogen-bond donors (Lipinski definition) is 1. The molecule has 1 aliphatic rings. The fraction of sp³-hybridized carbons (Fsp3) is 0.562. The van der Waals surface area contributed by atoms with Crippen LogP contribution in [0.25, 0.3) is 0 Å². The van der Waals surface area contributed by atoms with Gasteiger partial charge in [-0.2, -0.15) is 0 Å². The highest BCUT2D eigenvalue weighted by atomic mass is 35.5. The van der Waals surface area contributed by atoms with Gasteiger partial charge in [-0.1, -0.05) is 49.1 Å². The van der Waals surface area contributed by atoms with Crippen molar-refractivity contribution < 1.29 is 4.79 Å². The van der Waals surface area contributed by atoms with Crippen molar-refractivity contribution in [3.05, 3.63) is 34.9 Å². The van der Waals surface area contributed by atoms with Crippen LogP contribution in [0.15, 0.2) is 24.3 Å². The predicted octanol–water partition coefficient (Wildman–Crippen LogP) is 3.22. The maximum Gasteiger partial charge on any atom is 0.234 e. The maximum absolute atomic E-state index is 12.0. The SMILES string of the molecule is CN(CC(=O)NC1CCCCC1)Cc1ccccc1Cl. The molecule has 110 valence electrons. The van der Waals surface area contributed by atoms with E-state index in [2.05, 4.69) is 5.32 Å². The van der Waals surface area contributed by atoms with Gasteiger partial charge >= 0.3 is 0 Å². The average Bonchev–Trinajstić information content (AvgIpc) is 2.42. The summed E-state index contributed by atoms with van der Waals surface area (Å²) in [4.78, 5) is 14.0. The van der Waals surface area contributed by atoms with E-state index in [4.69, 9.17) is 11.6 Å². The van der Waals surface area contributed by atoms with Crippen molar-refractivity contribution in [1.29, 1.82) is 0 Å². The Labute approximate surface area is 126 Å². The van der Waals surface area contributed by atoms with E-state index in [9.17, 15) is 4.79 Å². The molecule has 0 radical (unpaired) electrons. The minimum absolute atomic E-state index is 0.117. The Balaban J connectivity index is 1.77. The van der Waals surface area contributed by atoms with Gasteiger partial charge in [0, 0.05) is 17.6 Å². The van der Waals surface area contributed by atoms with Gasteiger partial charge in [0.15, 0.2) is 0 Å². The summed E-state index contributed by atoms with van der Waals surface area (Å²) < 4.78 is 0. The molecule has 1 fully saturated rings. The van der Waals surface area contributed by atoms with Crippen LogP contribution in [0.5, 0.6) is 0 Å². The van der Waals surface area contributed by atoms with Crippen LogP contribution in [0.1, 0.15) is 37.7 Å². The Morgan fingerprint density at radius 3 is 2.70 bits per heavy atom. The molecule has 1 saturated carbocycles. The Morgan fingerprint density at radius 2 is 2.00 bits per heavy atom. The first-order valence-electron chi connectivity index (χ1n) is 7.36. The predicted molar refractivity (Wildman–Crippen MR) is 82.8 cm³/mol. The lowest BCUT2D eigenvalue weighted by atomic mass is 9.95. The molecule has 0 heterocycles. The van der Waals surface area contributed by atoms with E-state index in [-0.39, 0.29) is 5.91 Å². The third-order valence-electron chi connectivity index (χ3n) is 3.78. The molecule has 0 spiro atoms. The highest BCUT2D eigenvalue weighted by Crippen LogP contribution is 2.18. The molecule has 0 bridgehead atoms. The number of hydrogen-bond acceptors (Lipinski definition) is 2. The van der Waals surface area contributed by atoms with Crippen molar-refractivity contribution >= 4 is 17.5 Å². The molecule has 0 aliphatic heterocycles. The molecule has 1 amide bonds. The van der Waals surface area contributed by atoms with Gasteiger partial charge in [0.2, 0.25) is 5.91 Å². The minimum Gasteiger partial charge on any atom is -0.352 e. The first kappa shape index (κ1) is 15.3. The topological polar surface area (TPSA) is 32.3 Å². The lowest BCUT2D eigenvalue weighted by Gasteiger charge is -2.24. The van der Waals surface area contributed by atoms with E-state index in [1.165, 1.54) is 19.3 Å². The van der Waals surface area contributed by atoms with E-state index in [0.717, 1.165) is 23.4 Å². The summed E-state index contributed by atoms with van der Waals surface area (Å²) >= 11 is 6.13. The van der Waals surface area contributed by atoms with Crippen molar-refractivity contribution in [2.75, 3.05) is 13.6 Å². The largest absolute Gasteiger partial charge is 0.352 e. The molecule has 1 aliphatic carbocycles. The standard InChI is InChI=1S/C16H23ClN2O/c1-19(11-13-7-5-6-10-15(13)17)12-16(20)18-14-8-3-2-4-9-14/h5-7,10,14H,2-4,8-9,11-12H2,1H3,(H,18,20). The van der Waals surface area contributed by atoms with Crippen LogP contribution in [0, 0.1) is 0 Å². The van der Waals surface area contributed by atoms with Gasteiger partial charge < -0.3 is 5.32 Å². The fourth-order valence-electron chi connectivity index (χ4n) is 2.74. The van der Waals surface area contributed by atoms with Crippen LogP contribution in [0.3, 0.4) is 0 Å². The number of carbonyl (C=O) groups excluding carboxylic acids is 1. The van der Waals surface area contributed by atoms with Crippen molar-refractivity contribution in [2.24, 2.45) is 0 Å². The molecule has 0 saturated heterocycles. The summed E-state index contributed by atoms with van der Waals surface area (Å²) in [6, 6.07) is 8.15. The number of nitrogens with one attached hydrogen (secondary N) is 1. The van der Waals surface area contributed by atoms with Gasteiger partial charge in [0.05, 0.1) is 6.54 Å². The number of likely N-dealkylation sites (N-methyl/N-ethyl adjacent to an activating group) is 1. The van der Waals surface area contributed by atoms with Crippen LogP contribution in [0.4, 0.5) is 0 Å². The van der Waals surface area contributed by atoms with Crippen LogP contribution in [0.2, 0.25) is 5.02 Å². The summed E-state index contributed by atoms with van der Waals surface area (Å²) in [7, 11) is 1.95. The Hall–Kier alpha value is -1.06. The van der Waals surface area contributed by atoms with Crippen LogP contribution >= 0.6 is 11.6 Å². The van der Waals surface area contributed by atoms with Crippen molar-refractivity contribution in [2.45, 2.75) is 44.7 Å². The van der Waals surface area contributed by atoms with Gasteiger partial charge in [-0.25, -0.2) is 0 Å². The number of amides is 1. The van der Waals surface area contributed by atoms with Crippen LogP contribution in [-0.4, -0.2) is 30.4 Å². The molecule has 1 N–H and O–H groups in total. The Bertz CT molecular complexity index is 444. The molecule has 1 aromatic carbocycles. The second kappa shape index (κ2) is 7.65. The molecule has 0 aromatic heterocycles. The smallest absolute Gasteiger partial charge is 0.234 e. The van der Waals surface area contributed by atoms with Crippen molar-refractivity contribution in [1.82, 2.24) is 10.2 Å². The molecule has 3 nitrogen and oxygen atoms in total. The normalized spacial score (nSPS) is 16.4. The third kappa shape index (κ3) is 4.80. The summed E-state index contributed by atoms with van der Waals surface area (Å²) in [5.74, 6) is 0.117. The lowest BCUT2D eigenvalue weighted by Crippen LogP contribution is -2.41. The molecule has 2 rings (SSSR count). The lowest BCUT2D eigenvalue weighted by molar-refractivity contribution is -0.123. The molecule has 0 unspecified atom stereocenters. The zero-order valence-corrected chi connectivity index (χ0v) is 12.8. The molecular formula is C16H23ClN2O. The van der Waals surface area contributed by atoms with E-state index in [1.54, 1.807) is 0 Å². The van der Waals surface area contributed by atoms with E-state index >= 15 is 0 Å². The highest BCUT2D eigenvalue weighted by molar-refractivity contribution is 6.31. The molecular weight excluding hydrogens is 272 g/mol. The molecule has 4 heteroatoms. The summed E-state index contributed by atoms with van der Waals surface area (Å²) in [6.07, 6.45) is 6.03. The maximum atomic E-state index is 12.0. The first-order chi connectivity index (χ1) is 9.65. The second-order valence-corrected chi connectivity index (χ2v) is 6.07. The number of carbonyl (C=O) groups is 1. The van der Waals surface area contributed by atoms with E-state index in [1.807, 2.05) is 36.2 Å².